The summed E-state index contributed by atoms with van der Waals surface area (Å²) in [6.07, 6.45) is 0. The first-order chi connectivity index (χ1) is 11.4. The molecule has 1 aromatic carbocycles. The van der Waals surface area contributed by atoms with Crippen LogP contribution in [0.2, 0.25) is 0 Å². The molecule has 1 aliphatic heterocycles. The van der Waals surface area contributed by atoms with Gasteiger partial charge >= 0.3 is 0 Å². The molecule has 132 valence electrons. The molecular weight excluding hydrogens is 328 g/mol. The molecule has 1 fully saturated rings. The van der Waals surface area contributed by atoms with Crippen LogP contribution in [-0.2, 0) is 10.2 Å². The predicted molar refractivity (Wildman–Crippen MR) is 91.7 cm³/mol. The third-order valence-electron chi connectivity index (χ3n) is 4.06. The van der Waals surface area contributed by atoms with Crippen molar-refractivity contribution >= 4 is 10.2 Å². The highest BCUT2D eigenvalue weighted by Gasteiger charge is 2.31. The van der Waals surface area contributed by atoms with Gasteiger partial charge in [0.05, 0.1) is 12.7 Å². The molecule has 24 heavy (non-hydrogen) atoms. The van der Waals surface area contributed by atoms with E-state index >= 15 is 0 Å². The maximum Gasteiger partial charge on any atom is 0.281 e. The minimum absolute atomic E-state index is 0.384. The molecule has 8 heteroatoms. The van der Waals surface area contributed by atoms with Crippen molar-refractivity contribution in [1.82, 2.24) is 13.5 Å². The Morgan fingerprint density at radius 1 is 1.21 bits per heavy atom. The summed E-state index contributed by atoms with van der Waals surface area (Å²) in [6.45, 7) is 4.35. The standard InChI is InChI=1S/C16H24N4O3S/c1-4-23-15-7-5-14(6-8-15)16(13-17)19-9-11-20(12-10-19)24(21,22)18(2)3/h5-8,16H,4,9-12H2,1-3H3. The van der Waals surface area contributed by atoms with Gasteiger partial charge in [-0.2, -0.15) is 22.3 Å². The van der Waals surface area contributed by atoms with Crippen LogP contribution in [0.4, 0.5) is 0 Å². The number of hydrogen-bond donors (Lipinski definition) is 0. The van der Waals surface area contributed by atoms with E-state index < -0.39 is 10.2 Å². The molecule has 1 aliphatic rings. The molecule has 7 nitrogen and oxygen atoms in total. The predicted octanol–water partition coefficient (Wildman–Crippen LogP) is 1.07. The maximum absolute atomic E-state index is 12.2. The molecule has 0 aromatic heterocycles. The second-order valence-corrected chi connectivity index (χ2v) is 7.90. The molecule has 1 saturated heterocycles. The van der Waals surface area contributed by atoms with Gasteiger partial charge in [0.1, 0.15) is 11.8 Å². The number of nitriles is 1. The van der Waals surface area contributed by atoms with E-state index in [0.717, 1.165) is 11.3 Å². The van der Waals surface area contributed by atoms with Gasteiger partial charge in [-0.1, -0.05) is 12.1 Å². The highest BCUT2D eigenvalue weighted by Crippen LogP contribution is 2.24. The van der Waals surface area contributed by atoms with Crippen molar-refractivity contribution in [2.45, 2.75) is 13.0 Å². The van der Waals surface area contributed by atoms with E-state index in [1.165, 1.54) is 22.7 Å². The van der Waals surface area contributed by atoms with Gasteiger partial charge in [-0.25, -0.2) is 0 Å². The second kappa shape index (κ2) is 7.94. The monoisotopic (exact) mass is 352 g/mol. The lowest BCUT2D eigenvalue weighted by Crippen LogP contribution is -2.52. The van der Waals surface area contributed by atoms with E-state index in [1.807, 2.05) is 36.1 Å². The Labute approximate surface area is 144 Å². The number of ether oxygens (including phenoxy) is 1. The highest BCUT2D eigenvalue weighted by molar-refractivity contribution is 7.86. The average molecular weight is 352 g/mol. The van der Waals surface area contributed by atoms with E-state index in [4.69, 9.17) is 4.74 Å². The summed E-state index contributed by atoms with van der Waals surface area (Å²) in [5.41, 5.74) is 0.893. The van der Waals surface area contributed by atoms with Crippen molar-refractivity contribution in [3.05, 3.63) is 29.8 Å². The zero-order valence-corrected chi connectivity index (χ0v) is 15.2. The van der Waals surface area contributed by atoms with Crippen LogP contribution in [0, 0.1) is 11.3 Å². The first-order valence-electron chi connectivity index (χ1n) is 7.94. The van der Waals surface area contributed by atoms with E-state index in [1.54, 1.807) is 0 Å². The summed E-state index contributed by atoms with van der Waals surface area (Å²) in [4.78, 5) is 2.01. The quantitative estimate of drug-likeness (QED) is 0.765. The Balaban J connectivity index is 2.05. The smallest absolute Gasteiger partial charge is 0.281 e. The summed E-state index contributed by atoms with van der Waals surface area (Å²) < 4.78 is 32.4. The summed E-state index contributed by atoms with van der Waals surface area (Å²) in [5.74, 6) is 0.778. The van der Waals surface area contributed by atoms with Gasteiger partial charge in [-0.05, 0) is 24.6 Å². The first-order valence-corrected chi connectivity index (χ1v) is 9.34. The van der Waals surface area contributed by atoms with E-state index in [-0.39, 0.29) is 6.04 Å². The van der Waals surface area contributed by atoms with Gasteiger partial charge < -0.3 is 4.74 Å². The number of piperazine rings is 1. The molecule has 1 aromatic rings. The van der Waals surface area contributed by atoms with Crippen LogP contribution in [0.5, 0.6) is 5.75 Å². The van der Waals surface area contributed by atoms with Crippen LogP contribution >= 0.6 is 0 Å². The molecular formula is C16H24N4O3S. The van der Waals surface area contributed by atoms with Gasteiger partial charge in [0.25, 0.3) is 10.2 Å². The van der Waals surface area contributed by atoms with Crippen LogP contribution in [0.1, 0.15) is 18.5 Å². The molecule has 0 bridgehead atoms. The Morgan fingerprint density at radius 3 is 2.25 bits per heavy atom. The zero-order chi connectivity index (χ0) is 17.7. The van der Waals surface area contributed by atoms with E-state index in [9.17, 15) is 13.7 Å². The second-order valence-electron chi connectivity index (χ2n) is 5.76. The van der Waals surface area contributed by atoms with E-state index in [0.29, 0.717) is 32.8 Å². The van der Waals surface area contributed by atoms with Gasteiger partial charge in [0, 0.05) is 40.3 Å². The lowest BCUT2D eigenvalue weighted by atomic mass is 10.1. The third-order valence-corrected chi connectivity index (χ3v) is 6.00. The fourth-order valence-corrected chi connectivity index (χ4v) is 3.79. The van der Waals surface area contributed by atoms with Crippen LogP contribution in [0.3, 0.4) is 0 Å². The highest BCUT2D eigenvalue weighted by atomic mass is 32.2. The molecule has 1 atom stereocenters. The lowest BCUT2D eigenvalue weighted by Gasteiger charge is -2.37. The number of benzene rings is 1. The lowest BCUT2D eigenvalue weighted by molar-refractivity contribution is 0.159. The minimum Gasteiger partial charge on any atom is -0.494 e. The average Bonchev–Trinajstić information content (AvgIpc) is 2.57. The normalized spacial score (nSPS) is 18.3. The Kier molecular flexibility index (Phi) is 6.18. The number of rotatable bonds is 6. The van der Waals surface area contributed by atoms with Crippen molar-refractivity contribution in [1.29, 1.82) is 5.26 Å². The third kappa shape index (κ3) is 4.05. The summed E-state index contributed by atoms with van der Waals surface area (Å²) >= 11 is 0. The topological polar surface area (TPSA) is 76.9 Å². The Bertz CT molecular complexity index is 674. The molecule has 0 amide bonds. The van der Waals surface area contributed by atoms with Crippen molar-refractivity contribution < 1.29 is 13.2 Å². The van der Waals surface area contributed by atoms with Gasteiger partial charge in [0.15, 0.2) is 0 Å². The maximum atomic E-state index is 12.2. The van der Waals surface area contributed by atoms with Crippen molar-refractivity contribution in [2.75, 3.05) is 46.9 Å². The van der Waals surface area contributed by atoms with Gasteiger partial charge in [-0.3, -0.25) is 4.90 Å². The van der Waals surface area contributed by atoms with Crippen LogP contribution in [-0.4, -0.2) is 68.8 Å². The number of hydrogen-bond acceptors (Lipinski definition) is 5. The molecule has 2 rings (SSSR count). The van der Waals surface area contributed by atoms with Crippen molar-refractivity contribution in [3.63, 3.8) is 0 Å². The molecule has 0 N–H and O–H groups in total. The molecule has 1 unspecified atom stereocenters. The zero-order valence-electron chi connectivity index (χ0n) is 14.3. The molecule has 0 aliphatic carbocycles. The summed E-state index contributed by atoms with van der Waals surface area (Å²) in [7, 11) is -0.337. The largest absolute Gasteiger partial charge is 0.494 e. The minimum atomic E-state index is -3.39. The van der Waals surface area contributed by atoms with E-state index in [2.05, 4.69) is 6.07 Å². The van der Waals surface area contributed by atoms with Crippen LogP contribution in [0.25, 0.3) is 0 Å². The SMILES string of the molecule is CCOc1ccc(C(C#N)N2CCN(S(=O)(=O)N(C)C)CC2)cc1. The Hall–Kier alpha value is -1.66. The van der Waals surface area contributed by atoms with Gasteiger partial charge in [-0.15, -0.1) is 0 Å². The molecule has 0 saturated carbocycles. The molecule has 0 spiro atoms. The van der Waals surface area contributed by atoms with Gasteiger partial charge in [0.2, 0.25) is 0 Å². The van der Waals surface area contributed by atoms with Crippen LogP contribution < -0.4 is 4.74 Å². The first kappa shape index (κ1) is 18.7. The Morgan fingerprint density at radius 2 is 1.79 bits per heavy atom. The fourth-order valence-electron chi connectivity index (χ4n) is 2.70. The molecule has 0 radical (unpaired) electrons. The van der Waals surface area contributed by atoms with Crippen molar-refractivity contribution in [3.8, 4) is 11.8 Å². The number of nitrogens with zero attached hydrogens (tertiary/aromatic N) is 4. The summed E-state index contributed by atoms with van der Waals surface area (Å²) in [6, 6.07) is 9.43. The fraction of sp³-hybridized carbons (Fsp3) is 0.562. The molecule has 1 heterocycles. The summed E-state index contributed by atoms with van der Waals surface area (Å²) in [5, 5.41) is 9.56. The van der Waals surface area contributed by atoms with Crippen LogP contribution in [0.15, 0.2) is 24.3 Å². The van der Waals surface area contributed by atoms with Crippen molar-refractivity contribution in [2.24, 2.45) is 0 Å².